The summed E-state index contributed by atoms with van der Waals surface area (Å²) in [6.07, 6.45) is 6.15. The van der Waals surface area contributed by atoms with Gasteiger partial charge < -0.3 is 19.7 Å². The monoisotopic (exact) mass is 293 g/mol. The number of carbonyl (C=O) groups is 2. The molecule has 7 heteroatoms. The maximum atomic E-state index is 12.3. The van der Waals surface area contributed by atoms with E-state index in [0.29, 0.717) is 26.2 Å². The summed E-state index contributed by atoms with van der Waals surface area (Å²) in [6.45, 7) is 6.85. The zero-order valence-corrected chi connectivity index (χ0v) is 12.7. The van der Waals surface area contributed by atoms with Gasteiger partial charge in [-0.05, 0) is 13.3 Å². The van der Waals surface area contributed by atoms with E-state index in [0.717, 1.165) is 13.0 Å². The highest BCUT2D eigenvalue weighted by Crippen LogP contribution is 2.04. The predicted molar refractivity (Wildman–Crippen MR) is 78.7 cm³/mol. The van der Waals surface area contributed by atoms with E-state index in [9.17, 15) is 9.59 Å². The molecule has 1 fully saturated rings. The molecule has 116 valence electrons. The molecule has 1 atom stereocenters. The molecule has 1 aliphatic rings. The molecular weight excluding hydrogens is 270 g/mol. The topological polar surface area (TPSA) is 70.5 Å². The molecule has 2 heterocycles. The summed E-state index contributed by atoms with van der Waals surface area (Å²) in [5, 5.41) is 2.99. The minimum atomic E-state index is -0.0620. The lowest BCUT2D eigenvalue weighted by Gasteiger charge is -2.24. The van der Waals surface area contributed by atoms with Crippen LogP contribution in [0.1, 0.15) is 20.3 Å². The van der Waals surface area contributed by atoms with Crippen molar-refractivity contribution in [1.82, 2.24) is 24.7 Å². The van der Waals surface area contributed by atoms with Crippen LogP contribution in [0.2, 0.25) is 0 Å². The van der Waals surface area contributed by atoms with Crippen molar-refractivity contribution < 1.29 is 9.59 Å². The summed E-state index contributed by atoms with van der Waals surface area (Å²) in [5.41, 5.74) is 0. The van der Waals surface area contributed by atoms with Crippen LogP contribution in [0.5, 0.6) is 0 Å². The highest BCUT2D eigenvalue weighted by molar-refractivity contribution is 5.75. The third-order valence-electron chi connectivity index (χ3n) is 3.64. The molecule has 1 N–H and O–H groups in total. The number of nitrogens with zero attached hydrogens (tertiary/aromatic N) is 4. The molecule has 3 amide bonds. The summed E-state index contributed by atoms with van der Waals surface area (Å²) in [7, 11) is 0. The average Bonchev–Trinajstić information content (AvgIpc) is 2.79. The number of nitrogens with one attached hydrogen (secondary N) is 1. The fraction of sp³-hybridized carbons (Fsp3) is 0.643. The van der Waals surface area contributed by atoms with Crippen LogP contribution in [0.25, 0.3) is 0 Å². The first-order chi connectivity index (χ1) is 10.1. The van der Waals surface area contributed by atoms with Gasteiger partial charge in [0.05, 0.1) is 6.33 Å². The van der Waals surface area contributed by atoms with Gasteiger partial charge in [-0.1, -0.05) is 0 Å². The summed E-state index contributed by atoms with van der Waals surface area (Å²) < 4.78 is 1.94. The van der Waals surface area contributed by atoms with Crippen LogP contribution in [0.15, 0.2) is 18.7 Å². The summed E-state index contributed by atoms with van der Waals surface area (Å²) in [5.74, 6) is 0.0748. The van der Waals surface area contributed by atoms with Crippen molar-refractivity contribution in [2.75, 3.05) is 26.2 Å². The van der Waals surface area contributed by atoms with Crippen LogP contribution < -0.4 is 5.32 Å². The number of hydrogen-bond acceptors (Lipinski definition) is 3. The lowest BCUT2D eigenvalue weighted by atomic mass is 10.3. The molecule has 2 rings (SSSR count). The van der Waals surface area contributed by atoms with Crippen molar-refractivity contribution in [2.45, 2.75) is 32.9 Å². The number of imidazole rings is 1. The van der Waals surface area contributed by atoms with Gasteiger partial charge in [-0.2, -0.15) is 0 Å². The van der Waals surface area contributed by atoms with Gasteiger partial charge >= 0.3 is 6.03 Å². The smallest absolute Gasteiger partial charge is 0.317 e. The molecule has 0 spiro atoms. The molecule has 0 saturated carbocycles. The van der Waals surface area contributed by atoms with E-state index in [4.69, 9.17) is 0 Å². The van der Waals surface area contributed by atoms with E-state index in [1.54, 1.807) is 29.2 Å². The Morgan fingerprint density at radius 3 is 2.62 bits per heavy atom. The van der Waals surface area contributed by atoms with Crippen LogP contribution in [-0.2, 0) is 11.3 Å². The highest BCUT2D eigenvalue weighted by atomic mass is 16.2. The maximum absolute atomic E-state index is 12.3. The first-order valence-electron chi connectivity index (χ1n) is 7.33. The van der Waals surface area contributed by atoms with Gasteiger partial charge in [0.15, 0.2) is 0 Å². The molecular formula is C14H23N5O2. The Labute approximate surface area is 124 Å². The summed E-state index contributed by atoms with van der Waals surface area (Å²) in [6, 6.07) is -0.0353. The number of carbonyl (C=O) groups excluding carboxylic acids is 2. The zero-order valence-electron chi connectivity index (χ0n) is 12.7. The quantitative estimate of drug-likeness (QED) is 0.884. The third kappa shape index (κ3) is 4.47. The molecule has 1 aromatic rings. The largest absolute Gasteiger partial charge is 0.341 e. The number of aromatic nitrogens is 2. The fourth-order valence-corrected chi connectivity index (χ4v) is 2.49. The molecule has 1 aromatic heterocycles. The standard InChI is InChI=1S/C14H23N5O2/c1-12(10-17-7-4-15-11-17)16-14(21)19-6-3-5-18(8-9-19)13(2)20/h4,7,11-12H,3,5-6,8-10H2,1-2H3,(H,16,21)/t12-/m1/s1. The Balaban J connectivity index is 1.81. The first kappa shape index (κ1) is 15.3. The third-order valence-corrected chi connectivity index (χ3v) is 3.64. The number of hydrogen-bond donors (Lipinski definition) is 1. The SMILES string of the molecule is CC(=O)N1CCCN(C(=O)N[C@H](C)Cn2ccnc2)CC1. The van der Waals surface area contributed by atoms with Crippen LogP contribution in [0.3, 0.4) is 0 Å². The molecule has 0 aromatic carbocycles. The second-order valence-corrected chi connectivity index (χ2v) is 5.46. The average molecular weight is 293 g/mol. The van der Waals surface area contributed by atoms with Crippen molar-refractivity contribution >= 4 is 11.9 Å². The van der Waals surface area contributed by atoms with Crippen LogP contribution in [0, 0.1) is 0 Å². The van der Waals surface area contributed by atoms with Gasteiger partial charge in [0.25, 0.3) is 0 Å². The number of urea groups is 1. The highest BCUT2D eigenvalue weighted by Gasteiger charge is 2.21. The van der Waals surface area contributed by atoms with E-state index in [2.05, 4.69) is 10.3 Å². The molecule has 0 radical (unpaired) electrons. The predicted octanol–water partition coefficient (Wildman–Crippen LogP) is 0.535. The summed E-state index contributed by atoms with van der Waals surface area (Å²) >= 11 is 0. The van der Waals surface area contributed by atoms with Crippen molar-refractivity contribution in [1.29, 1.82) is 0 Å². The van der Waals surface area contributed by atoms with E-state index >= 15 is 0 Å². The Kier molecular flexibility index (Phi) is 5.19. The van der Waals surface area contributed by atoms with Crippen molar-refractivity contribution in [3.63, 3.8) is 0 Å². The first-order valence-corrected chi connectivity index (χ1v) is 7.33. The van der Waals surface area contributed by atoms with Crippen molar-refractivity contribution in [3.8, 4) is 0 Å². The van der Waals surface area contributed by atoms with Crippen molar-refractivity contribution in [2.24, 2.45) is 0 Å². The zero-order chi connectivity index (χ0) is 15.2. The van der Waals surface area contributed by atoms with Gasteiger partial charge in [0.1, 0.15) is 0 Å². The second kappa shape index (κ2) is 7.10. The van der Waals surface area contributed by atoms with Gasteiger partial charge in [-0.25, -0.2) is 9.78 Å². The molecule has 7 nitrogen and oxygen atoms in total. The van der Waals surface area contributed by atoms with Crippen LogP contribution in [-0.4, -0.2) is 63.5 Å². The maximum Gasteiger partial charge on any atom is 0.317 e. The van der Waals surface area contributed by atoms with E-state index in [-0.39, 0.29) is 18.0 Å². The van der Waals surface area contributed by atoms with Gasteiger partial charge in [0, 0.05) is 58.1 Å². The Morgan fingerprint density at radius 1 is 1.24 bits per heavy atom. The second-order valence-electron chi connectivity index (χ2n) is 5.46. The molecule has 0 bridgehead atoms. The normalized spacial score (nSPS) is 17.2. The Bertz CT molecular complexity index is 474. The van der Waals surface area contributed by atoms with E-state index < -0.39 is 0 Å². The molecule has 1 aliphatic heterocycles. The lowest BCUT2D eigenvalue weighted by Crippen LogP contribution is -2.46. The fourth-order valence-electron chi connectivity index (χ4n) is 2.49. The van der Waals surface area contributed by atoms with Gasteiger partial charge in [0.2, 0.25) is 5.91 Å². The van der Waals surface area contributed by atoms with Crippen molar-refractivity contribution in [3.05, 3.63) is 18.7 Å². The molecule has 21 heavy (non-hydrogen) atoms. The molecule has 0 aliphatic carbocycles. The summed E-state index contributed by atoms with van der Waals surface area (Å²) in [4.78, 5) is 31.2. The van der Waals surface area contributed by atoms with Gasteiger partial charge in [-0.15, -0.1) is 0 Å². The minimum Gasteiger partial charge on any atom is -0.341 e. The van der Waals surface area contributed by atoms with Crippen LogP contribution >= 0.6 is 0 Å². The van der Waals surface area contributed by atoms with E-state index in [1.165, 1.54) is 0 Å². The molecule has 1 saturated heterocycles. The lowest BCUT2D eigenvalue weighted by molar-refractivity contribution is -0.128. The Morgan fingerprint density at radius 2 is 1.95 bits per heavy atom. The Hall–Kier alpha value is -2.05. The minimum absolute atomic E-state index is 0.0267. The number of rotatable bonds is 3. The molecule has 0 unspecified atom stereocenters. The van der Waals surface area contributed by atoms with Crippen LogP contribution in [0.4, 0.5) is 4.79 Å². The number of amides is 3. The van der Waals surface area contributed by atoms with Gasteiger partial charge in [-0.3, -0.25) is 4.79 Å². The van der Waals surface area contributed by atoms with E-state index in [1.807, 2.05) is 17.7 Å².